The van der Waals surface area contributed by atoms with Crippen molar-refractivity contribution < 1.29 is 13.6 Å². The van der Waals surface area contributed by atoms with Gasteiger partial charge >= 0.3 is 0 Å². The maximum Gasteiger partial charge on any atom is 0.267 e. The Labute approximate surface area is 142 Å². The van der Waals surface area contributed by atoms with Gasteiger partial charge in [-0.15, -0.1) is 0 Å². The minimum absolute atomic E-state index is 0.110. The van der Waals surface area contributed by atoms with Gasteiger partial charge in [0.2, 0.25) is 5.91 Å². The molecule has 1 aromatic carbocycles. The third-order valence-electron chi connectivity index (χ3n) is 3.67. The second-order valence-corrected chi connectivity index (χ2v) is 5.52. The van der Waals surface area contributed by atoms with Crippen LogP contribution in [0.15, 0.2) is 64.9 Å². The lowest BCUT2D eigenvalue weighted by Crippen LogP contribution is -2.33. The number of hydrogen-bond donors (Lipinski definition) is 1. The number of aromatic nitrogens is 2. The first kappa shape index (κ1) is 16.8. The smallest absolute Gasteiger partial charge is 0.267 e. The second kappa shape index (κ2) is 7.21. The average molecular weight is 343 g/mol. The largest absolute Gasteiger partial charge is 0.322 e. The highest BCUT2D eigenvalue weighted by Gasteiger charge is 2.13. The van der Waals surface area contributed by atoms with Crippen LogP contribution in [0.5, 0.6) is 0 Å². The molecule has 5 nitrogen and oxygen atoms in total. The molecule has 25 heavy (non-hydrogen) atoms. The Morgan fingerprint density at radius 2 is 1.80 bits per heavy atom. The Balaban J connectivity index is 1.78. The van der Waals surface area contributed by atoms with E-state index in [0.29, 0.717) is 24.1 Å². The molecule has 0 aliphatic heterocycles. The predicted molar refractivity (Wildman–Crippen MR) is 88.5 cm³/mol. The summed E-state index contributed by atoms with van der Waals surface area (Å²) in [5.74, 6) is -1.42. The van der Waals surface area contributed by atoms with Crippen molar-refractivity contribution in [2.45, 2.75) is 19.4 Å². The van der Waals surface area contributed by atoms with E-state index in [9.17, 15) is 18.4 Å². The number of carbonyl (C=O) groups is 1. The highest BCUT2D eigenvalue weighted by Crippen LogP contribution is 2.17. The molecule has 1 heterocycles. The van der Waals surface area contributed by atoms with Gasteiger partial charge in [-0.05, 0) is 49.2 Å². The molecule has 1 N–H and O–H groups in total. The van der Waals surface area contributed by atoms with Crippen LogP contribution in [0.25, 0.3) is 11.3 Å². The van der Waals surface area contributed by atoms with Crippen molar-refractivity contribution in [3.05, 3.63) is 76.2 Å². The minimum Gasteiger partial charge on any atom is -0.322 e. The van der Waals surface area contributed by atoms with Crippen LogP contribution < -0.4 is 10.9 Å². The van der Waals surface area contributed by atoms with Gasteiger partial charge in [-0.3, -0.25) is 9.59 Å². The molecule has 0 saturated heterocycles. The van der Waals surface area contributed by atoms with E-state index in [2.05, 4.69) is 10.4 Å². The summed E-state index contributed by atoms with van der Waals surface area (Å²) in [6.45, 7) is -0.349. The summed E-state index contributed by atoms with van der Waals surface area (Å²) >= 11 is 0. The fourth-order valence-corrected chi connectivity index (χ4v) is 2.42. The van der Waals surface area contributed by atoms with Gasteiger partial charge in [0.05, 0.1) is 11.4 Å². The molecule has 0 unspecified atom stereocenters. The molecule has 128 valence electrons. The first-order valence-electron chi connectivity index (χ1n) is 7.73. The minimum atomic E-state index is -0.553. The summed E-state index contributed by atoms with van der Waals surface area (Å²) in [5, 5.41) is 6.56. The summed E-state index contributed by atoms with van der Waals surface area (Å²) in [6, 6.07) is 8.39. The molecular formula is C18H15F2N3O2. The number of amides is 1. The maximum atomic E-state index is 13.6. The Morgan fingerprint density at radius 1 is 1.08 bits per heavy atom. The first-order valence-corrected chi connectivity index (χ1v) is 7.73. The number of rotatable bonds is 4. The van der Waals surface area contributed by atoms with Crippen LogP contribution in [0, 0.1) is 5.82 Å². The van der Waals surface area contributed by atoms with Gasteiger partial charge in [-0.25, -0.2) is 13.5 Å². The van der Waals surface area contributed by atoms with Gasteiger partial charge in [0.1, 0.15) is 18.2 Å². The lowest BCUT2D eigenvalue weighted by Gasteiger charge is -2.12. The van der Waals surface area contributed by atoms with Crippen LogP contribution >= 0.6 is 0 Å². The summed E-state index contributed by atoms with van der Waals surface area (Å²) in [4.78, 5) is 24.0. The van der Waals surface area contributed by atoms with Crippen molar-refractivity contribution >= 4 is 5.91 Å². The van der Waals surface area contributed by atoms with Gasteiger partial charge in [0, 0.05) is 11.6 Å². The topological polar surface area (TPSA) is 64.0 Å². The van der Waals surface area contributed by atoms with E-state index in [1.54, 1.807) is 6.08 Å². The van der Waals surface area contributed by atoms with Gasteiger partial charge in [0.15, 0.2) is 0 Å². The molecule has 1 aliphatic carbocycles. The summed E-state index contributed by atoms with van der Waals surface area (Å²) < 4.78 is 27.6. The predicted octanol–water partition coefficient (Wildman–Crippen LogP) is 2.70. The number of nitrogens with zero attached hydrogens (tertiary/aromatic N) is 2. The van der Waals surface area contributed by atoms with Crippen molar-refractivity contribution in [1.29, 1.82) is 0 Å². The van der Waals surface area contributed by atoms with E-state index >= 15 is 0 Å². The van der Waals surface area contributed by atoms with E-state index < -0.39 is 17.3 Å². The Morgan fingerprint density at radius 3 is 2.52 bits per heavy atom. The molecule has 1 aromatic heterocycles. The second-order valence-electron chi connectivity index (χ2n) is 5.52. The number of allylic oxidation sites excluding steroid dienone is 3. The van der Waals surface area contributed by atoms with E-state index in [4.69, 9.17) is 0 Å². The van der Waals surface area contributed by atoms with E-state index in [-0.39, 0.29) is 18.1 Å². The van der Waals surface area contributed by atoms with Crippen molar-refractivity contribution in [3.63, 3.8) is 0 Å². The highest BCUT2D eigenvalue weighted by molar-refractivity contribution is 5.78. The van der Waals surface area contributed by atoms with Crippen molar-refractivity contribution in [2.24, 2.45) is 0 Å². The standard InChI is InChI=1S/C18H15F2N3O2/c19-13-7-5-12(6-8-13)15-9-10-18(25)23(22-15)11-17(24)21-16-4-2-1-3-14(16)20/h3-10H,1-2,11H2,(H,21,24). The van der Waals surface area contributed by atoms with Gasteiger partial charge in [-0.2, -0.15) is 5.10 Å². The SMILES string of the molecule is O=C(Cn1nc(-c2ccc(F)cc2)ccc1=O)NC1=CCCC=C1F. The summed E-state index contributed by atoms with van der Waals surface area (Å²) in [5.41, 5.74) is 0.684. The van der Waals surface area contributed by atoms with Crippen molar-refractivity contribution in [2.75, 3.05) is 0 Å². The fourth-order valence-electron chi connectivity index (χ4n) is 2.42. The lowest BCUT2D eigenvalue weighted by atomic mass is 10.1. The quantitative estimate of drug-likeness (QED) is 0.928. The molecule has 0 bridgehead atoms. The molecular weight excluding hydrogens is 328 g/mol. The number of halogens is 2. The van der Waals surface area contributed by atoms with E-state index in [1.165, 1.54) is 42.5 Å². The molecule has 0 spiro atoms. The number of hydrogen-bond acceptors (Lipinski definition) is 3. The van der Waals surface area contributed by atoms with Gasteiger partial charge in [-0.1, -0.05) is 6.08 Å². The van der Waals surface area contributed by atoms with Crippen LogP contribution in [0.1, 0.15) is 12.8 Å². The molecule has 0 fully saturated rings. The monoisotopic (exact) mass is 343 g/mol. The average Bonchev–Trinajstić information content (AvgIpc) is 2.60. The zero-order valence-corrected chi connectivity index (χ0v) is 13.2. The number of carbonyl (C=O) groups excluding carboxylic acids is 1. The Kier molecular flexibility index (Phi) is 4.83. The normalized spacial score (nSPS) is 13.8. The number of nitrogens with one attached hydrogen (secondary N) is 1. The molecule has 0 saturated carbocycles. The van der Waals surface area contributed by atoms with E-state index in [0.717, 1.165) is 4.68 Å². The fraction of sp³-hybridized carbons (Fsp3) is 0.167. The zero-order chi connectivity index (χ0) is 17.8. The zero-order valence-electron chi connectivity index (χ0n) is 13.2. The lowest BCUT2D eigenvalue weighted by molar-refractivity contribution is -0.121. The van der Waals surface area contributed by atoms with Crippen LogP contribution in [0.2, 0.25) is 0 Å². The Bertz CT molecular complexity index is 915. The van der Waals surface area contributed by atoms with Gasteiger partial charge in [0.25, 0.3) is 5.56 Å². The molecule has 3 rings (SSSR count). The number of benzene rings is 1. The van der Waals surface area contributed by atoms with Crippen LogP contribution in [-0.4, -0.2) is 15.7 Å². The summed E-state index contributed by atoms with van der Waals surface area (Å²) in [7, 11) is 0. The summed E-state index contributed by atoms with van der Waals surface area (Å²) in [6.07, 6.45) is 4.22. The molecule has 7 heteroatoms. The highest BCUT2D eigenvalue weighted by atomic mass is 19.1. The molecule has 1 aliphatic rings. The first-order chi connectivity index (χ1) is 12.0. The molecule has 0 radical (unpaired) electrons. The maximum absolute atomic E-state index is 13.6. The van der Waals surface area contributed by atoms with E-state index in [1.807, 2.05) is 0 Å². The third-order valence-corrected chi connectivity index (χ3v) is 3.67. The van der Waals surface area contributed by atoms with Gasteiger partial charge < -0.3 is 5.32 Å². The van der Waals surface area contributed by atoms with Crippen LogP contribution in [0.4, 0.5) is 8.78 Å². The van der Waals surface area contributed by atoms with Crippen LogP contribution in [-0.2, 0) is 11.3 Å². The van der Waals surface area contributed by atoms with Crippen molar-refractivity contribution in [1.82, 2.24) is 15.1 Å². The molecule has 0 atom stereocenters. The molecule has 2 aromatic rings. The Hall–Kier alpha value is -3.09. The van der Waals surface area contributed by atoms with Crippen molar-refractivity contribution in [3.8, 4) is 11.3 Å². The molecule has 1 amide bonds. The third kappa shape index (κ3) is 4.06. The van der Waals surface area contributed by atoms with Crippen LogP contribution in [0.3, 0.4) is 0 Å².